The summed E-state index contributed by atoms with van der Waals surface area (Å²) in [6, 6.07) is 4.67. The van der Waals surface area contributed by atoms with Crippen molar-refractivity contribution in [2.24, 2.45) is 0 Å². The highest BCUT2D eigenvalue weighted by atomic mass is 32.2. The molecule has 0 amide bonds. The summed E-state index contributed by atoms with van der Waals surface area (Å²) >= 11 is 0. The number of benzene rings is 1. The zero-order valence-corrected chi connectivity index (χ0v) is 10.4. The second kappa shape index (κ2) is 5.16. The standard InChI is InChI=1S/C10H10N4O4S/c15-14(16)9-1-3-10(4-2-9)19(17,18)13-7-8-5-11-12-6-8/h1-6,13H,7H2,(H,11,12). The van der Waals surface area contributed by atoms with Gasteiger partial charge in [-0.3, -0.25) is 15.2 Å². The minimum Gasteiger partial charge on any atom is -0.285 e. The zero-order valence-electron chi connectivity index (χ0n) is 9.61. The van der Waals surface area contributed by atoms with Gasteiger partial charge < -0.3 is 0 Å². The van der Waals surface area contributed by atoms with E-state index in [1.165, 1.54) is 18.3 Å². The molecule has 0 spiro atoms. The Morgan fingerprint density at radius 1 is 1.32 bits per heavy atom. The Morgan fingerprint density at radius 2 is 2.00 bits per heavy atom. The number of aromatic amines is 1. The van der Waals surface area contributed by atoms with Crippen LogP contribution in [0.5, 0.6) is 0 Å². The molecule has 8 nitrogen and oxygen atoms in total. The number of non-ortho nitro benzene ring substituents is 1. The van der Waals surface area contributed by atoms with Gasteiger partial charge in [0, 0.05) is 30.4 Å². The molecule has 2 N–H and O–H groups in total. The molecule has 1 aromatic carbocycles. The summed E-state index contributed by atoms with van der Waals surface area (Å²) in [7, 11) is -3.69. The van der Waals surface area contributed by atoms with Gasteiger partial charge in [-0.05, 0) is 12.1 Å². The molecule has 100 valence electrons. The third-order valence-corrected chi connectivity index (χ3v) is 3.80. The molecule has 0 bridgehead atoms. The lowest BCUT2D eigenvalue weighted by Crippen LogP contribution is -2.22. The molecule has 19 heavy (non-hydrogen) atoms. The summed E-state index contributed by atoms with van der Waals surface area (Å²) in [5.74, 6) is 0. The first kappa shape index (κ1) is 13.2. The number of nitro groups is 1. The van der Waals surface area contributed by atoms with Crippen molar-refractivity contribution in [3.05, 3.63) is 52.3 Å². The second-order valence-corrected chi connectivity index (χ2v) is 5.45. The average molecular weight is 282 g/mol. The molecule has 0 unspecified atom stereocenters. The molecular formula is C10H10N4O4S. The lowest BCUT2D eigenvalue weighted by atomic mass is 10.3. The maximum Gasteiger partial charge on any atom is 0.269 e. The van der Waals surface area contributed by atoms with Gasteiger partial charge in [-0.2, -0.15) is 5.10 Å². The lowest BCUT2D eigenvalue weighted by Gasteiger charge is -2.05. The summed E-state index contributed by atoms with van der Waals surface area (Å²) in [6.45, 7) is 0.0931. The highest BCUT2D eigenvalue weighted by Gasteiger charge is 2.15. The Morgan fingerprint density at radius 3 is 2.53 bits per heavy atom. The fourth-order valence-electron chi connectivity index (χ4n) is 1.38. The summed E-state index contributed by atoms with van der Waals surface area (Å²) in [4.78, 5) is 9.86. The van der Waals surface area contributed by atoms with E-state index in [4.69, 9.17) is 0 Å². The summed E-state index contributed by atoms with van der Waals surface area (Å²) in [5.41, 5.74) is 0.527. The van der Waals surface area contributed by atoms with E-state index in [2.05, 4.69) is 14.9 Å². The fraction of sp³-hybridized carbons (Fsp3) is 0.100. The zero-order chi connectivity index (χ0) is 13.9. The van der Waals surface area contributed by atoms with Gasteiger partial charge in [-0.1, -0.05) is 0 Å². The molecule has 2 aromatic rings. The number of hydrogen-bond donors (Lipinski definition) is 2. The second-order valence-electron chi connectivity index (χ2n) is 3.68. The van der Waals surface area contributed by atoms with Gasteiger partial charge in [0.1, 0.15) is 0 Å². The maximum atomic E-state index is 11.9. The first-order chi connectivity index (χ1) is 8.99. The molecule has 1 heterocycles. The highest BCUT2D eigenvalue weighted by Crippen LogP contribution is 2.15. The van der Waals surface area contributed by atoms with Gasteiger partial charge >= 0.3 is 0 Å². The molecule has 0 aliphatic carbocycles. The van der Waals surface area contributed by atoms with Crippen molar-refractivity contribution in [2.75, 3.05) is 0 Å². The number of rotatable bonds is 5. The molecule has 9 heteroatoms. The quantitative estimate of drug-likeness (QED) is 0.621. The highest BCUT2D eigenvalue weighted by molar-refractivity contribution is 7.89. The predicted molar refractivity (Wildman–Crippen MR) is 65.7 cm³/mol. The number of hydrogen-bond acceptors (Lipinski definition) is 5. The van der Waals surface area contributed by atoms with E-state index >= 15 is 0 Å². The van der Waals surface area contributed by atoms with Crippen LogP contribution in [0.25, 0.3) is 0 Å². The molecule has 2 rings (SSSR count). The Bertz CT molecular complexity index is 664. The molecule has 0 aliphatic rings. The molecule has 0 aliphatic heterocycles. The largest absolute Gasteiger partial charge is 0.285 e. The van der Waals surface area contributed by atoms with E-state index in [-0.39, 0.29) is 17.1 Å². The monoisotopic (exact) mass is 282 g/mol. The summed E-state index contributed by atoms with van der Waals surface area (Å²) in [5, 5.41) is 16.7. The first-order valence-corrected chi connectivity index (χ1v) is 6.69. The molecule has 0 radical (unpaired) electrons. The molecule has 0 saturated carbocycles. The van der Waals surface area contributed by atoms with E-state index in [9.17, 15) is 18.5 Å². The van der Waals surface area contributed by atoms with Crippen LogP contribution < -0.4 is 4.72 Å². The molecule has 0 atom stereocenters. The number of aromatic nitrogens is 2. The van der Waals surface area contributed by atoms with Gasteiger partial charge in [0.15, 0.2) is 0 Å². The minimum atomic E-state index is -3.69. The number of sulfonamides is 1. The number of H-pyrrole nitrogens is 1. The van der Waals surface area contributed by atoms with Crippen molar-refractivity contribution in [3.8, 4) is 0 Å². The summed E-state index contributed by atoms with van der Waals surface area (Å²) in [6.07, 6.45) is 3.07. The Kier molecular flexibility index (Phi) is 3.58. The Labute approximate surface area is 108 Å². The fourth-order valence-corrected chi connectivity index (χ4v) is 2.40. The minimum absolute atomic E-state index is 0.0263. The van der Waals surface area contributed by atoms with Crippen LogP contribution in [0.2, 0.25) is 0 Å². The van der Waals surface area contributed by atoms with Gasteiger partial charge in [0.2, 0.25) is 10.0 Å². The third-order valence-electron chi connectivity index (χ3n) is 2.38. The van der Waals surface area contributed by atoms with E-state index in [0.717, 1.165) is 12.1 Å². The lowest BCUT2D eigenvalue weighted by molar-refractivity contribution is -0.384. The van der Waals surface area contributed by atoms with Crippen LogP contribution in [0.1, 0.15) is 5.56 Å². The van der Waals surface area contributed by atoms with E-state index in [1.807, 2.05) is 0 Å². The maximum absolute atomic E-state index is 11.9. The van der Waals surface area contributed by atoms with Crippen molar-refractivity contribution in [1.82, 2.24) is 14.9 Å². The van der Waals surface area contributed by atoms with Crippen molar-refractivity contribution in [3.63, 3.8) is 0 Å². The predicted octanol–water partition coefficient (Wildman–Crippen LogP) is 0.796. The molecule has 0 fully saturated rings. The van der Waals surface area contributed by atoms with E-state index in [1.54, 1.807) is 6.20 Å². The summed E-state index contributed by atoms with van der Waals surface area (Å²) < 4.78 is 26.2. The SMILES string of the molecule is O=[N+]([O-])c1ccc(S(=O)(=O)NCc2cn[nH]c2)cc1. The Hall–Kier alpha value is -2.26. The van der Waals surface area contributed by atoms with Crippen molar-refractivity contribution < 1.29 is 13.3 Å². The van der Waals surface area contributed by atoms with Gasteiger partial charge in [-0.25, -0.2) is 13.1 Å². The van der Waals surface area contributed by atoms with Crippen LogP contribution in [0, 0.1) is 10.1 Å². The van der Waals surface area contributed by atoms with Crippen molar-refractivity contribution >= 4 is 15.7 Å². The van der Waals surface area contributed by atoms with Crippen LogP contribution in [-0.2, 0) is 16.6 Å². The van der Waals surface area contributed by atoms with E-state index < -0.39 is 14.9 Å². The van der Waals surface area contributed by atoms with Crippen molar-refractivity contribution in [1.29, 1.82) is 0 Å². The van der Waals surface area contributed by atoms with Crippen LogP contribution >= 0.6 is 0 Å². The van der Waals surface area contributed by atoms with Crippen LogP contribution in [0.15, 0.2) is 41.6 Å². The van der Waals surface area contributed by atoms with E-state index in [0.29, 0.717) is 5.56 Å². The molecule has 1 aromatic heterocycles. The normalized spacial score (nSPS) is 11.4. The molecular weight excluding hydrogens is 272 g/mol. The van der Waals surface area contributed by atoms with Crippen LogP contribution in [0.4, 0.5) is 5.69 Å². The smallest absolute Gasteiger partial charge is 0.269 e. The first-order valence-electron chi connectivity index (χ1n) is 5.21. The van der Waals surface area contributed by atoms with Crippen LogP contribution in [0.3, 0.4) is 0 Å². The van der Waals surface area contributed by atoms with Gasteiger partial charge in [0.25, 0.3) is 5.69 Å². The van der Waals surface area contributed by atoms with Crippen LogP contribution in [-0.4, -0.2) is 23.5 Å². The van der Waals surface area contributed by atoms with Crippen molar-refractivity contribution in [2.45, 2.75) is 11.4 Å². The number of nitro benzene ring substituents is 1. The molecule has 0 saturated heterocycles. The average Bonchev–Trinajstić information content (AvgIpc) is 2.90. The van der Waals surface area contributed by atoms with Gasteiger partial charge in [-0.15, -0.1) is 0 Å². The van der Waals surface area contributed by atoms with Gasteiger partial charge in [0.05, 0.1) is 16.0 Å². The Balaban J connectivity index is 2.13. The topological polar surface area (TPSA) is 118 Å². The number of nitrogens with one attached hydrogen (secondary N) is 2. The number of nitrogens with zero attached hydrogens (tertiary/aromatic N) is 2. The third kappa shape index (κ3) is 3.14.